The Hall–Kier alpha value is -0.730. The second-order valence-corrected chi connectivity index (χ2v) is 6.73. The number of carbonyl (C=O) groups is 1. The SMILES string of the molecule is O=C(O)C(O)C(O)C(O)C(O)CCCCCCCCCCCCCO. The van der Waals surface area contributed by atoms with Crippen molar-refractivity contribution in [3.63, 3.8) is 0 Å². The number of carboxylic acids is 1. The fourth-order valence-electron chi connectivity index (χ4n) is 2.79. The molecule has 0 rings (SSSR count). The highest BCUT2D eigenvalue weighted by atomic mass is 16.4. The molecule has 7 heteroatoms. The molecule has 25 heavy (non-hydrogen) atoms. The number of hydrogen-bond acceptors (Lipinski definition) is 6. The number of carboxylic acid groups (broad SMARTS) is 1. The topological polar surface area (TPSA) is 138 Å². The van der Waals surface area contributed by atoms with Crippen LogP contribution in [0.2, 0.25) is 0 Å². The number of rotatable bonds is 17. The van der Waals surface area contributed by atoms with Gasteiger partial charge in [-0.25, -0.2) is 4.79 Å². The third-order valence-electron chi connectivity index (χ3n) is 4.48. The molecule has 0 spiro atoms. The number of aliphatic hydroxyl groups excluding tert-OH is 5. The zero-order valence-corrected chi connectivity index (χ0v) is 15.1. The van der Waals surface area contributed by atoms with E-state index >= 15 is 0 Å². The standard InChI is InChI=1S/C18H36O7/c19-13-11-9-7-5-3-1-2-4-6-8-10-12-14(20)15(21)16(22)17(23)18(24)25/h14-17,19-23H,1-13H2,(H,24,25). The minimum absolute atomic E-state index is 0.259. The van der Waals surface area contributed by atoms with Crippen molar-refractivity contribution in [1.29, 1.82) is 0 Å². The second-order valence-electron chi connectivity index (χ2n) is 6.73. The second kappa shape index (κ2) is 15.5. The van der Waals surface area contributed by atoms with Crippen LogP contribution in [0.15, 0.2) is 0 Å². The van der Waals surface area contributed by atoms with Gasteiger partial charge in [-0.2, -0.15) is 0 Å². The maximum Gasteiger partial charge on any atom is 0.335 e. The summed E-state index contributed by atoms with van der Waals surface area (Å²) in [5.41, 5.74) is 0. The van der Waals surface area contributed by atoms with Crippen molar-refractivity contribution < 1.29 is 35.4 Å². The van der Waals surface area contributed by atoms with Crippen LogP contribution in [-0.4, -0.2) is 67.6 Å². The van der Waals surface area contributed by atoms with E-state index in [4.69, 9.17) is 15.3 Å². The molecule has 6 N–H and O–H groups in total. The Morgan fingerprint density at radius 2 is 1.04 bits per heavy atom. The Bertz CT molecular complexity index is 325. The van der Waals surface area contributed by atoms with Crippen LogP contribution in [-0.2, 0) is 4.79 Å². The molecule has 0 aromatic rings. The van der Waals surface area contributed by atoms with Crippen LogP contribution in [0.3, 0.4) is 0 Å². The highest BCUT2D eigenvalue weighted by molar-refractivity contribution is 5.72. The zero-order valence-electron chi connectivity index (χ0n) is 15.1. The fraction of sp³-hybridized carbons (Fsp3) is 0.944. The third-order valence-corrected chi connectivity index (χ3v) is 4.48. The van der Waals surface area contributed by atoms with Gasteiger partial charge in [0.2, 0.25) is 0 Å². The molecule has 0 aliphatic rings. The minimum Gasteiger partial charge on any atom is -0.479 e. The highest BCUT2D eigenvalue weighted by Crippen LogP contribution is 2.15. The van der Waals surface area contributed by atoms with Gasteiger partial charge in [0.25, 0.3) is 0 Å². The summed E-state index contributed by atoms with van der Waals surface area (Å²) in [5, 5.41) is 55.2. The lowest BCUT2D eigenvalue weighted by Gasteiger charge is -2.24. The Morgan fingerprint density at radius 1 is 0.640 bits per heavy atom. The first-order valence-corrected chi connectivity index (χ1v) is 9.47. The van der Waals surface area contributed by atoms with E-state index in [2.05, 4.69) is 0 Å². The lowest BCUT2D eigenvalue weighted by atomic mass is 9.98. The van der Waals surface area contributed by atoms with Gasteiger partial charge in [0.15, 0.2) is 6.10 Å². The van der Waals surface area contributed by atoms with Gasteiger partial charge in [-0.1, -0.05) is 64.2 Å². The summed E-state index contributed by atoms with van der Waals surface area (Å²) in [4.78, 5) is 10.5. The smallest absolute Gasteiger partial charge is 0.335 e. The predicted octanol–water partition coefficient (Wildman–Crippen LogP) is 1.19. The Kier molecular flexibility index (Phi) is 15.1. The summed E-state index contributed by atoms with van der Waals surface area (Å²) in [6.07, 6.45) is 5.08. The molecule has 0 aromatic heterocycles. The largest absolute Gasteiger partial charge is 0.479 e. The van der Waals surface area contributed by atoms with Gasteiger partial charge >= 0.3 is 5.97 Å². The molecule has 0 aliphatic heterocycles. The van der Waals surface area contributed by atoms with Crippen molar-refractivity contribution in [1.82, 2.24) is 0 Å². The van der Waals surface area contributed by atoms with Crippen molar-refractivity contribution in [2.45, 2.75) is 101 Å². The molecule has 0 radical (unpaired) electrons. The van der Waals surface area contributed by atoms with Crippen LogP contribution >= 0.6 is 0 Å². The molecular formula is C18H36O7. The molecule has 0 amide bonds. The van der Waals surface area contributed by atoms with Gasteiger partial charge in [-0.05, 0) is 12.8 Å². The highest BCUT2D eigenvalue weighted by Gasteiger charge is 2.33. The molecule has 0 aromatic carbocycles. The van der Waals surface area contributed by atoms with Crippen LogP contribution in [0.4, 0.5) is 0 Å². The predicted molar refractivity (Wildman–Crippen MR) is 94.2 cm³/mol. The van der Waals surface area contributed by atoms with E-state index in [1.807, 2.05) is 0 Å². The molecule has 0 aliphatic carbocycles. The Balaban J connectivity index is 3.54. The van der Waals surface area contributed by atoms with E-state index in [1.54, 1.807) is 0 Å². The summed E-state index contributed by atoms with van der Waals surface area (Å²) >= 11 is 0. The quantitative estimate of drug-likeness (QED) is 0.213. The van der Waals surface area contributed by atoms with E-state index in [-0.39, 0.29) is 13.0 Å². The maximum absolute atomic E-state index is 10.5. The van der Waals surface area contributed by atoms with E-state index in [1.165, 1.54) is 32.1 Å². The van der Waals surface area contributed by atoms with E-state index in [0.29, 0.717) is 6.42 Å². The fourth-order valence-corrected chi connectivity index (χ4v) is 2.79. The van der Waals surface area contributed by atoms with E-state index < -0.39 is 30.4 Å². The number of hydrogen-bond donors (Lipinski definition) is 6. The van der Waals surface area contributed by atoms with Gasteiger partial charge in [0.05, 0.1) is 6.10 Å². The van der Waals surface area contributed by atoms with Crippen molar-refractivity contribution in [2.75, 3.05) is 6.61 Å². The van der Waals surface area contributed by atoms with Gasteiger partial charge in [-0.3, -0.25) is 0 Å². The summed E-state index contributed by atoms with van der Waals surface area (Å²) in [5.74, 6) is -1.63. The molecule has 7 nitrogen and oxygen atoms in total. The van der Waals surface area contributed by atoms with Crippen molar-refractivity contribution in [3.05, 3.63) is 0 Å². The normalized spacial score (nSPS) is 16.4. The van der Waals surface area contributed by atoms with Crippen molar-refractivity contribution >= 4 is 5.97 Å². The van der Waals surface area contributed by atoms with Crippen LogP contribution in [0.1, 0.15) is 77.0 Å². The third kappa shape index (κ3) is 12.3. The summed E-state index contributed by atoms with van der Waals surface area (Å²) in [7, 11) is 0. The zero-order chi connectivity index (χ0) is 19.1. The molecule has 0 bridgehead atoms. The number of unbranched alkanes of at least 4 members (excludes halogenated alkanes) is 10. The summed E-state index contributed by atoms with van der Waals surface area (Å²) in [6.45, 7) is 0.283. The average Bonchev–Trinajstić information content (AvgIpc) is 2.60. The average molecular weight is 364 g/mol. The summed E-state index contributed by atoms with van der Waals surface area (Å²) in [6, 6.07) is 0. The van der Waals surface area contributed by atoms with Crippen molar-refractivity contribution in [2.24, 2.45) is 0 Å². The minimum atomic E-state index is -2.10. The lowest BCUT2D eigenvalue weighted by Crippen LogP contribution is -2.47. The molecule has 0 saturated carbocycles. The van der Waals surface area contributed by atoms with Crippen LogP contribution in [0, 0.1) is 0 Å². The van der Waals surface area contributed by atoms with E-state index in [0.717, 1.165) is 32.1 Å². The van der Waals surface area contributed by atoms with Crippen LogP contribution in [0.5, 0.6) is 0 Å². The molecule has 0 fully saturated rings. The molecular weight excluding hydrogens is 328 g/mol. The molecule has 4 atom stereocenters. The van der Waals surface area contributed by atoms with Crippen LogP contribution in [0.25, 0.3) is 0 Å². The number of aliphatic hydroxyl groups is 5. The van der Waals surface area contributed by atoms with Crippen LogP contribution < -0.4 is 0 Å². The van der Waals surface area contributed by atoms with Crippen molar-refractivity contribution in [3.8, 4) is 0 Å². The van der Waals surface area contributed by atoms with E-state index in [9.17, 15) is 20.1 Å². The molecule has 4 unspecified atom stereocenters. The molecule has 0 heterocycles. The van der Waals surface area contributed by atoms with Gasteiger partial charge in [0.1, 0.15) is 12.2 Å². The Labute approximate surface area is 150 Å². The number of aliphatic carboxylic acids is 1. The van der Waals surface area contributed by atoms with Gasteiger partial charge < -0.3 is 30.6 Å². The first kappa shape index (κ1) is 24.3. The Morgan fingerprint density at radius 3 is 1.44 bits per heavy atom. The first-order valence-electron chi connectivity index (χ1n) is 9.47. The summed E-state index contributed by atoms with van der Waals surface area (Å²) < 4.78 is 0. The molecule has 0 saturated heterocycles. The monoisotopic (exact) mass is 364 g/mol. The van der Waals surface area contributed by atoms with Gasteiger partial charge in [-0.15, -0.1) is 0 Å². The maximum atomic E-state index is 10.5. The molecule has 150 valence electrons. The van der Waals surface area contributed by atoms with Gasteiger partial charge in [0, 0.05) is 6.61 Å². The first-order chi connectivity index (χ1) is 11.9. The lowest BCUT2D eigenvalue weighted by molar-refractivity contribution is -0.163.